The number of anilines is 1. The molecule has 1 heterocycles. The number of nitrogens with one attached hydrogen (secondary N) is 2. The molecule has 2 aromatic rings. The van der Waals surface area contributed by atoms with Gasteiger partial charge in [0.05, 0.1) is 10.3 Å². The summed E-state index contributed by atoms with van der Waals surface area (Å²) >= 11 is 5.77. The third-order valence-electron chi connectivity index (χ3n) is 5.17. The lowest BCUT2D eigenvalue weighted by molar-refractivity contribution is -0.385. The molecule has 2 N–H and O–H groups in total. The van der Waals surface area contributed by atoms with Crippen molar-refractivity contribution in [2.45, 2.75) is 31.6 Å². The number of hydrogen-bond donors (Lipinski definition) is 2. The van der Waals surface area contributed by atoms with Crippen molar-refractivity contribution in [2.24, 2.45) is 0 Å². The molecular formula is C20H18ClN3O5. The first kappa shape index (κ1) is 20.5. The van der Waals surface area contributed by atoms with Crippen LogP contribution in [0.15, 0.2) is 42.5 Å². The lowest BCUT2D eigenvalue weighted by Gasteiger charge is -2.35. The van der Waals surface area contributed by atoms with Gasteiger partial charge in [-0.05, 0) is 42.7 Å². The summed E-state index contributed by atoms with van der Waals surface area (Å²) in [7, 11) is 0. The van der Waals surface area contributed by atoms with Crippen LogP contribution in [-0.4, -0.2) is 22.6 Å². The van der Waals surface area contributed by atoms with E-state index >= 15 is 0 Å². The standard InChI is InChI=1S/C20H18ClN3O5/c1-2-20(10-9-17(25)23-19(20)27)12-3-6-14(7-4-12)22-18(26)15-8-5-13(21)11-16(15)24(28)29/h3-8,11H,2,9-10H2,1H3,(H,22,26)(H,23,25,27). The van der Waals surface area contributed by atoms with Crippen molar-refractivity contribution in [3.8, 4) is 0 Å². The van der Waals surface area contributed by atoms with E-state index in [0.29, 0.717) is 18.5 Å². The lowest BCUT2D eigenvalue weighted by Crippen LogP contribution is -2.51. The molecule has 3 amide bonds. The fraction of sp³-hybridized carbons (Fsp3) is 0.250. The van der Waals surface area contributed by atoms with Gasteiger partial charge in [0, 0.05) is 23.2 Å². The molecular weight excluding hydrogens is 398 g/mol. The highest BCUT2D eigenvalue weighted by atomic mass is 35.5. The molecule has 0 spiro atoms. The number of hydrogen-bond acceptors (Lipinski definition) is 5. The molecule has 2 aromatic carbocycles. The highest BCUT2D eigenvalue weighted by Gasteiger charge is 2.42. The Morgan fingerprint density at radius 2 is 1.93 bits per heavy atom. The molecule has 1 unspecified atom stereocenters. The van der Waals surface area contributed by atoms with Crippen LogP contribution in [-0.2, 0) is 15.0 Å². The number of benzene rings is 2. The Morgan fingerprint density at radius 3 is 2.52 bits per heavy atom. The maximum Gasteiger partial charge on any atom is 0.283 e. The first-order valence-electron chi connectivity index (χ1n) is 8.97. The number of nitro groups is 1. The van der Waals surface area contributed by atoms with Crippen LogP contribution in [0.1, 0.15) is 42.1 Å². The third-order valence-corrected chi connectivity index (χ3v) is 5.40. The molecule has 1 aliphatic heterocycles. The number of amides is 3. The molecule has 0 bridgehead atoms. The zero-order valence-corrected chi connectivity index (χ0v) is 16.3. The summed E-state index contributed by atoms with van der Waals surface area (Å²) in [5, 5.41) is 16.3. The average Bonchev–Trinajstić information content (AvgIpc) is 2.69. The molecule has 1 atom stereocenters. The van der Waals surface area contributed by atoms with Gasteiger partial charge in [0.25, 0.3) is 11.6 Å². The van der Waals surface area contributed by atoms with Gasteiger partial charge in [-0.1, -0.05) is 30.7 Å². The molecule has 150 valence electrons. The van der Waals surface area contributed by atoms with Crippen molar-refractivity contribution in [1.29, 1.82) is 0 Å². The fourth-order valence-electron chi connectivity index (χ4n) is 3.48. The normalized spacial score (nSPS) is 18.8. The van der Waals surface area contributed by atoms with Crippen LogP contribution >= 0.6 is 11.6 Å². The number of piperidine rings is 1. The van der Waals surface area contributed by atoms with E-state index in [1.807, 2.05) is 6.92 Å². The zero-order chi connectivity index (χ0) is 21.2. The highest BCUT2D eigenvalue weighted by molar-refractivity contribution is 6.31. The summed E-state index contributed by atoms with van der Waals surface area (Å²) in [6.07, 6.45) is 1.20. The summed E-state index contributed by atoms with van der Waals surface area (Å²) in [6, 6.07) is 10.5. The molecule has 0 radical (unpaired) electrons. The monoisotopic (exact) mass is 415 g/mol. The van der Waals surface area contributed by atoms with Crippen LogP contribution in [0.2, 0.25) is 5.02 Å². The zero-order valence-electron chi connectivity index (χ0n) is 15.5. The maximum absolute atomic E-state index is 12.5. The maximum atomic E-state index is 12.5. The van der Waals surface area contributed by atoms with Gasteiger partial charge in [0.1, 0.15) is 5.56 Å². The molecule has 0 aromatic heterocycles. The number of imide groups is 1. The number of carbonyl (C=O) groups excluding carboxylic acids is 3. The van der Waals surface area contributed by atoms with E-state index in [1.54, 1.807) is 24.3 Å². The topological polar surface area (TPSA) is 118 Å². The summed E-state index contributed by atoms with van der Waals surface area (Å²) in [6.45, 7) is 1.88. The predicted octanol–water partition coefficient (Wildman–Crippen LogP) is 3.58. The third kappa shape index (κ3) is 3.97. The van der Waals surface area contributed by atoms with Gasteiger partial charge < -0.3 is 5.32 Å². The van der Waals surface area contributed by atoms with Gasteiger partial charge in [0.15, 0.2) is 0 Å². The molecule has 1 aliphatic rings. The smallest absolute Gasteiger partial charge is 0.283 e. The van der Waals surface area contributed by atoms with E-state index in [1.165, 1.54) is 12.1 Å². The van der Waals surface area contributed by atoms with Crippen LogP contribution < -0.4 is 10.6 Å². The van der Waals surface area contributed by atoms with E-state index in [-0.39, 0.29) is 34.5 Å². The van der Waals surface area contributed by atoms with E-state index in [2.05, 4.69) is 10.6 Å². The second kappa shape index (κ2) is 8.00. The van der Waals surface area contributed by atoms with Gasteiger partial charge in [-0.25, -0.2) is 0 Å². The summed E-state index contributed by atoms with van der Waals surface area (Å²) < 4.78 is 0. The van der Waals surface area contributed by atoms with Crippen LogP contribution in [0.4, 0.5) is 11.4 Å². The first-order chi connectivity index (χ1) is 13.8. The Labute approximate surface area is 171 Å². The lowest BCUT2D eigenvalue weighted by atomic mass is 9.72. The summed E-state index contributed by atoms with van der Waals surface area (Å²) in [5.74, 6) is -1.26. The predicted molar refractivity (Wildman–Crippen MR) is 107 cm³/mol. The number of rotatable bonds is 5. The minimum absolute atomic E-state index is 0.112. The average molecular weight is 416 g/mol. The minimum atomic E-state index is -0.800. The second-order valence-corrected chi connectivity index (χ2v) is 7.20. The fourth-order valence-corrected chi connectivity index (χ4v) is 3.65. The molecule has 3 rings (SSSR count). The summed E-state index contributed by atoms with van der Waals surface area (Å²) in [5.41, 5.74) is -0.147. The van der Waals surface area contributed by atoms with Crippen molar-refractivity contribution < 1.29 is 19.3 Å². The van der Waals surface area contributed by atoms with Gasteiger partial charge in [-0.2, -0.15) is 0 Å². The Balaban J connectivity index is 1.83. The molecule has 8 nitrogen and oxygen atoms in total. The van der Waals surface area contributed by atoms with Crippen molar-refractivity contribution in [2.75, 3.05) is 5.32 Å². The minimum Gasteiger partial charge on any atom is -0.322 e. The van der Waals surface area contributed by atoms with Crippen LogP contribution in [0.25, 0.3) is 0 Å². The second-order valence-electron chi connectivity index (χ2n) is 6.76. The Morgan fingerprint density at radius 1 is 1.24 bits per heavy atom. The highest BCUT2D eigenvalue weighted by Crippen LogP contribution is 2.36. The molecule has 1 fully saturated rings. The van der Waals surface area contributed by atoms with E-state index in [9.17, 15) is 24.5 Å². The van der Waals surface area contributed by atoms with Gasteiger partial charge in [-0.3, -0.25) is 29.8 Å². The Bertz CT molecular complexity index is 1010. The number of halogens is 1. The van der Waals surface area contributed by atoms with Gasteiger partial charge in [-0.15, -0.1) is 0 Å². The van der Waals surface area contributed by atoms with Crippen LogP contribution in [0, 0.1) is 10.1 Å². The largest absolute Gasteiger partial charge is 0.322 e. The number of nitrogens with zero attached hydrogens (tertiary/aromatic N) is 1. The van der Waals surface area contributed by atoms with Gasteiger partial charge >= 0.3 is 0 Å². The SMILES string of the molecule is CCC1(c2ccc(NC(=O)c3ccc(Cl)cc3[N+](=O)[O-])cc2)CCC(=O)NC1=O. The van der Waals surface area contributed by atoms with Crippen molar-refractivity contribution >= 4 is 40.7 Å². The van der Waals surface area contributed by atoms with E-state index < -0.39 is 16.2 Å². The van der Waals surface area contributed by atoms with Crippen LogP contribution in [0.3, 0.4) is 0 Å². The molecule has 1 saturated heterocycles. The molecule has 0 saturated carbocycles. The molecule has 9 heteroatoms. The Kier molecular flexibility index (Phi) is 5.65. The number of nitro benzene ring substituents is 1. The Hall–Kier alpha value is -3.26. The van der Waals surface area contributed by atoms with Crippen molar-refractivity contribution in [3.63, 3.8) is 0 Å². The quantitative estimate of drug-likeness (QED) is 0.439. The molecule has 29 heavy (non-hydrogen) atoms. The van der Waals surface area contributed by atoms with Gasteiger partial charge in [0.2, 0.25) is 11.8 Å². The molecule has 0 aliphatic carbocycles. The van der Waals surface area contributed by atoms with Crippen molar-refractivity contribution in [1.82, 2.24) is 5.32 Å². The summed E-state index contributed by atoms with van der Waals surface area (Å²) in [4.78, 5) is 46.9. The number of carbonyl (C=O) groups is 3. The van der Waals surface area contributed by atoms with E-state index in [4.69, 9.17) is 11.6 Å². The van der Waals surface area contributed by atoms with Crippen LogP contribution in [0.5, 0.6) is 0 Å². The first-order valence-corrected chi connectivity index (χ1v) is 9.35. The van der Waals surface area contributed by atoms with Crippen molar-refractivity contribution in [3.05, 3.63) is 68.7 Å². The van der Waals surface area contributed by atoms with E-state index in [0.717, 1.165) is 11.6 Å².